The number of ether oxygens (including phenoxy) is 1. The summed E-state index contributed by atoms with van der Waals surface area (Å²) in [6.45, 7) is 8.29. The molecule has 1 aliphatic heterocycles. The van der Waals surface area contributed by atoms with Crippen molar-refractivity contribution in [3.8, 4) is 17.1 Å². The number of hydrogen-bond donors (Lipinski definition) is 0. The Balaban J connectivity index is 1.90. The number of thioether (sulfide) groups is 1. The van der Waals surface area contributed by atoms with Crippen molar-refractivity contribution in [3.05, 3.63) is 58.6 Å². The van der Waals surface area contributed by atoms with Crippen molar-refractivity contribution in [1.82, 2.24) is 15.2 Å². The molecule has 172 valence electrons. The van der Waals surface area contributed by atoms with E-state index in [1.807, 2.05) is 44.2 Å². The fourth-order valence-corrected chi connectivity index (χ4v) is 4.48. The van der Waals surface area contributed by atoms with Crippen LogP contribution in [0.4, 0.5) is 5.69 Å². The van der Waals surface area contributed by atoms with Crippen molar-refractivity contribution in [2.24, 2.45) is 5.92 Å². The number of halogens is 1. The summed E-state index contributed by atoms with van der Waals surface area (Å²) in [4.78, 5) is 19.8. The van der Waals surface area contributed by atoms with Crippen molar-refractivity contribution in [1.29, 1.82) is 0 Å². The topological polar surface area (TPSA) is 68.2 Å². The molecule has 1 aliphatic rings. The van der Waals surface area contributed by atoms with Gasteiger partial charge in [0, 0.05) is 28.3 Å². The van der Waals surface area contributed by atoms with Gasteiger partial charge in [-0.3, -0.25) is 9.69 Å². The Bertz CT molecular complexity index is 1150. The molecule has 1 aromatic heterocycles. The normalized spacial score (nSPS) is 15.0. The third-order valence-electron chi connectivity index (χ3n) is 5.19. The highest BCUT2D eigenvalue weighted by atomic mass is 35.5. The van der Waals surface area contributed by atoms with Gasteiger partial charge in [0.15, 0.2) is 5.69 Å². The lowest BCUT2D eigenvalue weighted by Crippen LogP contribution is -2.37. The minimum atomic E-state index is -0.705. The van der Waals surface area contributed by atoms with Crippen LogP contribution in [0.3, 0.4) is 0 Å². The number of nitrogens with zero attached hydrogens (tertiary/aromatic N) is 4. The first kappa shape index (κ1) is 23.5. The van der Waals surface area contributed by atoms with E-state index in [1.165, 1.54) is 0 Å². The number of carbonyl (C=O) groups is 1. The molecule has 0 bridgehead atoms. The zero-order valence-corrected chi connectivity index (χ0v) is 20.8. The number of anilines is 1. The summed E-state index contributed by atoms with van der Waals surface area (Å²) in [6, 6.07) is 13.3. The number of carbonyl (C=O) groups excluding carboxylic acids is 1. The lowest BCUT2D eigenvalue weighted by Gasteiger charge is -2.31. The fourth-order valence-electron chi connectivity index (χ4n) is 3.63. The van der Waals surface area contributed by atoms with Crippen molar-refractivity contribution in [3.63, 3.8) is 0 Å². The highest BCUT2D eigenvalue weighted by Crippen LogP contribution is 2.44. The van der Waals surface area contributed by atoms with Gasteiger partial charge < -0.3 is 4.74 Å². The van der Waals surface area contributed by atoms with Gasteiger partial charge in [-0.25, -0.2) is 0 Å². The Labute approximate surface area is 203 Å². The Kier molecular flexibility index (Phi) is 7.20. The van der Waals surface area contributed by atoms with E-state index in [4.69, 9.17) is 21.3 Å². The predicted octanol–water partition coefficient (Wildman–Crippen LogP) is 6.47. The second kappa shape index (κ2) is 10.1. The standard InChI is InChI=1S/C25H27ClN4O2S/c1-5-6-21(31)30-20-12-7-16(4)13-19(20)22-23(27-25(29-28-22)33-14-15(2)3)32-24(30)17-8-10-18(26)11-9-17/h7-13,15,24H,5-6,14H2,1-4H3. The van der Waals surface area contributed by atoms with E-state index in [9.17, 15) is 4.79 Å². The van der Waals surface area contributed by atoms with Crippen LogP contribution in [0.15, 0.2) is 47.6 Å². The van der Waals surface area contributed by atoms with Gasteiger partial charge in [-0.2, -0.15) is 4.98 Å². The lowest BCUT2D eigenvalue weighted by atomic mass is 10.0. The maximum absolute atomic E-state index is 13.4. The zero-order valence-electron chi connectivity index (χ0n) is 19.2. The molecule has 0 N–H and O–H groups in total. The first-order valence-electron chi connectivity index (χ1n) is 11.1. The van der Waals surface area contributed by atoms with Crippen molar-refractivity contribution in [2.75, 3.05) is 10.7 Å². The third-order valence-corrected chi connectivity index (χ3v) is 6.71. The number of benzene rings is 2. The smallest absolute Gasteiger partial charge is 0.247 e. The van der Waals surface area contributed by atoms with Gasteiger partial charge in [0.05, 0.1) is 5.69 Å². The molecular weight excluding hydrogens is 456 g/mol. The molecule has 0 spiro atoms. The van der Waals surface area contributed by atoms with Crippen molar-refractivity contribution < 1.29 is 9.53 Å². The Hall–Kier alpha value is -2.64. The number of aryl methyl sites for hydroxylation is 1. The van der Waals surface area contributed by atoms with Crippen LogP contribution in [0.5, 0.6) is 5.88 Å². The zero-order chi connectivity index (χ0) is 23.5. The Morgan fingerprint density at radius 3 is 2.64 bits per heavy atom. The van der Waals surface area contributed by atoms with Gasteiger partial charge in [0.2, 0.25) is 23.2 Å². The maximum atomic E-state index is 13.4. The summed E-state index contributed by atoms with van der Waals surface area (Å²) in [5.41, 5.74) is 3.90. The van der Waals surface area contributed by atoms with E-state index in [2.05, 4.69) is 24.0 Å². The van der Waals surface area contributed by atoms with Crippen LogP contribution in [0, 0.1) is 12.8 Å². The molecule has 0 saturated carbocycles. The maximum Gasteiger partial charge on any atom is 0.247 e. The van der Waals surface area contributed by atoms with Crippen LogP contribution in [0.1, 0.15) is 51.0 Å². The quantitative estimate of drug-likeness (QED) is 0.375. The van der Waals surface area contributed by atoms with Crippen LogP contribution in [0.25, 0.3) is 11.3 Å². The van der Waals surface area contributed by atoms with Gasteiger partial charge in [-0.15, -0.1) is 10.2 Å². The molecule has 33 heavy (non-hydrogen) atoms. The van der Waals surface area contributed by atoms with Crippen molar-refractivity contribution >= 4 is 35.0 Å². The summed E-state index contributed by atoms with van der Waals surface area (Å²) >= 11 is 7.68. The predicted molar refractivity (Wildman–Crippen MR) is 133 cm³/mol. The third kappa shape index (κ3) is 5.14. The first-order valence-corrected chi connectivity index (χ1v) is 12.5. The van der Waals surface area contributed by atoms with E-state index in [0.29, 0.717) is 34.1 Å². The summed E-state index contributed by atoms with van der Waals surface area (Å²) < 4.78 is 6.47. The van der Waals surface area contributed by atoms with E-state index in [1.54, 1.807) is 28.8 Å². The first-order chi connectivity index (χ1) is 15.9. The fraction of sp³-hybridized carbons (Fsp3) is 0.360. The van der Waals surface area contributed by atoms with Crippen LogP contribution in [-0.2, 0) is 4.79 Å². The van der Waals surface area contributed by atoms with Gasteiger partial charge in [-0.05, 0) is 43.5 Å². The molecule has 1 amide bonds. The highest BCUT2D eigenvalue weighted by Gasteiger charge is 2.35. The summed E-state index contributed by atoms with van der Waals surface area (Å²) in [7, 11) is 0. The second-order valence-electron chi connectivity index (χ2n) is 8.51. The Morgan fingerprint density at radius 1 is 1.18 bits per heavy atom. The van der Waals surface area contributed by atoms with Gasteiger partial charge in [0.25, 0.3) is 0 Å². The van der Waals surface area contributed by atoms with Gasteiger partial charge >= 0.3 is 0 Å². The van der Waals surface area contributed by atoms with Crippen LogP contribution < -0.4 is 9.64 Å². The average molecular weight is 483 g/mol. The molecule has 2 heterocycles. The van der Waals surface area contributed by atoms with Gasteiger partial charge in [0.1, 0.15) is 0 Å². The Morgan fingerprint density at radius 2 is 1.94 bits per heavy atom. The minimum Gasteiger partial charge on any atom is -0.447 e. The SMILES string of the molecule is CCCC(=O)N1c2ccc(C)cc2-c2nnc(SCC(C)C)nc2OC1c1ccc(Cl)cc1. The van der Waals surface area contributed by atoms with Crippen LogP contribution in [0.2, 0.25) is 5.02 Å². The molecule has 2 aromatic carbocycles. The lowest BCUT2D eigenvalue weighted by molar-refractivity contribution is -0.120. The molecule has 8 heteroatoms. The molecule has 0 radical (unpaired) electrons. The van der Waals surface area contributed by atoms with Crippen LogP contribution >= 0.6 is 23.4 Å². The van der Waals surface area contributed by atoms with Crippen molar-refractivity contribution in [2.45, 2.75) is 51.9 Å². The second-order valence-corrected chi connectivity index (χ2v) is 9.93. The largest absolute Gasteiger partial charge is 0.447 e. The number of aromatic nitrogens is 3. The monoisotopic (exact) mass is 482 g/mol. The number of rotatable bonds is 6. The number of hydrogen-bond acceptors (Lipinski definition) is 6. The average Bonchev–Trinajstić information content (AvgIpc) is 2.92. The summed E-state index contributed by atoms with van der Waals surface area (Å²) in [6.07, 6.45) is 0.417. The minimum absolute atomic E-state index is 0.0299. The molecule has 4 rings (SSSR count). The molecule has 1 unspecified atom stereocenters. The molecule has 3 aromatic rings. The highest BCUT2D eigenvalue weighted by molar-refractivity contribution is 7.99. The molecule has 6 nitrogen and oxygen atoms in total. The number of fused-ring (bicyclic) bond motifs is 3. The van der Waals surface area contributed by atoms with E-state index < -0.39 is 6.23 Å². The number of amides is 1. The van der Waals surface area contributed by atoms with E-state index in [-0.39, 0.29) is 5.91 Å². The summed E-state index contributed by atoms with van der Waals surface area (Å²) in [5.74, 6) is 1.70. The van der Waals surface area contributed by atoms with Gasteiger partial charge in [-0.1, -0.05) is 67.9 Å². The van der Waals surface area contributed by atoms with E-state index in [0.717, 1.165) is 34.6 Å². The molecule has 0 aliphatic carbocycles. The van der Waals surface area contributed by atoms with E-state index >= 15 is 0 Å². The molecule has 0 fully saturated rings. The summed E-state index contributed by atoms with van der Waals surface area (Å²) in [5, 5.41) is 10.0. The molecule has 0 saturated heterocycles. The molecule has 1 atom stereocenters. The van der Waals surface area contributed by atoms with Crippen LogP contribution in [-0.4, -0.2) is 26.8 Å². The molecular formula is C25H27ClN4O2S.